The fourth-order valence-corrected chi connectivity index (χ4v) is 2.71. The Labute approximate surface area is 168 Å². The zero-order valence-corrected chi connectivity index (χ0v) is 16.3. The van der Waals surface area contributed by atoms with Crippen molar-refractivity contribution in [2.45, 2.75) is 13.8 Å². The first kappa shape index (κ1) is 20.3. The molecule has 8 heteroatoms. The van der Waals surface area contributed by atoms with Crippen molar-refractivity contribution in [1.29, 1.82) is 0 Å². The maximum absolute atomic E-state index is 12.5. The van der Waals surface area contributed by atoms with Crippen LogP contribution in [0.2, 0.25) is 0 Å². The quantitative estimate of drug-likeness (QED) is 0.530. The number of aliphatic hydroxyl groups excluding tert-OH is 1. The van der Waals surface area contributed by atoms with Crippen LogP contribution >= 0.6 is 0 Å². The van der Waals surface area contributed by atoms with Crippen molar-refractivity contribution in [3.63, 3.8) is 0 Å². The number of carbonyl (C=O) groups excluding carboxylic acids is 1. The van der Waals surface area contributed by atoms with Crippen molar-refractivity contribution >= 4 is 28.4 Å². The SMILES string of the molecule is CCOC(=O)c1cnc2ccc(OCC)nc2c1Nc1ccc(OCCO)cc1. The van der Waals surface area contributed by atoms with Gasteiger partial charge < -0.3 is 24.6 Å². The normalized spacial score (nSPS) is 10.6. The molecule has 2 N–H and O–H groups in total. The van der Waals surface area contributed by atoms with E-state index >= 15 is 0 Å². The molecular formula is C21H23N3O5. The highest BCUT2D eigenvalue weighted by atomic mass is 16.5. The number of benzene rings is 1. The van der Waals surface area contributed by atoms with E-state index < -0.39 is 5.97 Å². The molecule has 2 aromatic heterocycles. The van der Waals surface area contributed by atoms with E-state index in [-0.39, 0.29) is 25.4 Å². The number of anilines is 2. The molecule has 0 aliphatic heterocycles. The van der Waals surface area contributed by atoms with E-state index in [4.69, 9.17) is 19.3 Å². The predicted molar refractivity (Wildman–Crippen MR) is 109 cm³/mol. The monoisotopic (exact) mass is 397 g/mol. The topological polar surface area (TPSA) is 103 Å². The molecule has 0 atom stereocenters. The molecule has 0 saturated carbocycles. The Bertz CT molecular complexity index is 976. The summed E-state index contributed by atoms with van der Waals surface area (Å²) in [5.41, 5.74) is 2.61. The minimum Gasteiger partial charge on any atom is -0.491 e. The Morgan fingerprint density at radius 2 is 1.86 bits per heavy atom. The third-order valence-electron chi connectivity index (χ3n) is 3.96. The molecule has 0 saturated heterocycles. The first-order chi connectivity index (χ1) is 14.2. The Morgan fingerprint density at radius 1 is 1.07 bits per heavy atom. The molecule has 0 amide bonds. The molecule has 0 unspecified atom stereocenters. The number of hydrogen-bond donors (Lipinski definition) is 2. The van der Waals surface area contributed by atoms with Gasteiger partial charge in [0.2, 0.25) is 5.88 Å². The van der Waals surface area contributed by atoms with Gasteiger partial charge in [-0.25, -0.2) is 9.78 Å². The second-order valence-corrected chi connectivity index (χ2v) is 5.94. The van der Waals surface area contributed by atoms with Crippen molar-refractivity contribution in [3.8, 4) is 11.6 Å². The number of carbonyl (C=O) groups is 1. The predicted octanol–water partition coefficient (Wildman–Crippen LogP) is 3.32. The van der Waals surface area contributed by atoms with Crippen LogP contribution in [-0.4, -0.2) is 47.5 Å². The minimum absolute atomic E-state index is 0.0558. The van der Waals surface area contributed by atoms with E-state index in [1.807, 2.05) is 6.92 Å². The zero-order valence-electron chi connectivity index (χ0n) is 16.3. The lowest BCUT2D eigenvalue weighted by Gasteiger charge is -2.14. The van der Waals surface area contributed by atoms with E-state index in [0.29, 0.717) is 35.0 Å². The maximum atomic E-state index is 12.5. The van der Waals surface area contributed by atoms with Crippen LogP contribution in [0.15, 0.2) is 42.6 Å². The van der Waals surface area contributed by atoms with Gasteiger partial charge in [-0.15, -0.1) is 0 Å². The summed E-state index contributed by atoms with van der Waals surface area (Å²) in [6.07, 6.45) is 1.48. The number of nitrogens with zero attached hydrogens (tertiary/aromatic N) is 2. The van der Waals surface area contributed by atoms with Crippen molar-refractivity contribution in [1.82, 2.24) is 9.97 Å². The minimum atomic E-state index is -0.490. The molecule has 3 rings (SSSR count). The second-order valence-electron chi connectivity index (χ2n) is 5.94. The molecule has 2 heterocycles. The van der Waals surface area contributed by atoms with Gasteiger partial charge in [-0.1, -0.05) is 0 Å². The van der Waals surface area contributed by atoms with Crippen LogP contribution in [-0.2, 0) is 4.74 Å². The van der Waals surface area contributed by atoms with Crippen LogP contribution in [0.4, 0.5) is 11.4 Å². The molecular weight excluding hydrogens is 374 g/mol. The van der Waals surface area contributed by atoms with Gasteiger partial charge in [0.15, 0.2) is 0 Å². The van der Waals surface area contributed by atoms with Gasteiger partial charge in [0.25, 0.3) is 0 Å². The zero-order chi connectivity index (χ0) is 20.6. The summed E-state index contributed by atoms with van der Waals surface area (Å²) < 4.78 is 16.1. The molecule has 152 valence electrons. The summed E-state index contributed by atoms with van der Waals surface area (Å²) in [7, 11) is 0. The van der Waals surface area contributed by atoms with Crippen molar-refractivity contribution in [2.75, 3.05) is 31.7 Å². The first-order valence-corrected chi connectivity index (χ1v) is 9.36. The molecule has 0 aliphatic rings. The number of esters is 1. The highest BCUT2D eigenvalue weighted by molar-refractivity contribution is 6.04. The molecule has 0 bridgehead atoms. The van der Waals surface area contributed by atoms with E-state index in [2.05, 4.69) is 15.3 Å². The second kappa shape index (κ2) is 9.70. The van der Waals surface area contributed by atoms with Gasteiger partial charge in [0.1, 0.15) is 23.4 Å². The number of hydrogen-bond acceptors (Lipinski definition) is 8. The fourth-order valence-electron chi connectivity index (χ4n) is 2.71. The number of nitrogens with one attached hydrogen (secondary N) is 1. The Balaban J connectivity index is 2.02. The van der Waals surface area contributed by atoms with E-state index in [0.717, 1.165) is 5.69 Å². The molecule has 0 fully saturated rings. The van der Waals surface area contributed by atoms with Crippen LogP contribution in [0.1, 0.15) is 24.2 Å². The third kappa shape index (κ3) is 4.91. The average molecular weight is 397 g/mol. The average Bonchev–Trinajstić information content (AvgIpc) is 2.74. The summed E-state index contributed by atoms with van der Waals surface area (Å²) in [5.74, 6) is 0.584. The number of ether oxygens (including phenoxy) is 3. The molecule has 8 nitrogen and oxygen atoms in total. The molecule has 0 aliphatic carbocycles. The third-order valence-corrected chi connectivity index (χ3v) is 3.96. The van der Waals surface area contributed by atoms with E-state index in [9.17, 15) is 4.79 Å². The lowest BCUT2D eigenvalue weighted by Crippen LogP contribution is -2.10. The van der Waals surface area contributed by atoms with Crippen LogP contribution in [0.25, 0.3) is 11.0 Å². The number of rotatable bonds is 9. The van der Waals surface area contributed by atoms with Gasteiger partial charge >= 0.3 is 5.97 Å². The van der Waals surface area contributed by atoms with Crippen LogP contribution in [0.5, 0.6) is 11.6 Å². The smallest absolute Gasteiger partial charge is 0.341 e. The van der Waals surface area contributed by atoms with Gasteiger partial charge in [-0.05, 0) is 44.2 Å². The van der Waals surface area contributed by atoms with Gasteiger partial charge in [-0.2, -0.15) is 0 Å². The molecule has 0 radical (unpaired) electrons. The number of aromatic nitrogens is 2. The highest BCUT2D eigenvalue weighted by Crippen LogP contribution is 2.30. The summed E-state index contributed by atoms with van der Waals surface area (Å²) in [5, 5.41) is 12.1. The Kier molecular flexibility index (Phi) is 6.80. The maximum Gasteiger partial charge on any atom is 0.341 e. The lowest BCUT2D eigenvalue weighted by molar-refractivity contribution is 0.0527. The highest BCUT2D eigenvalue weighted by Gasteiger charge is 2.18. The summed E-state index contributed by atoms with van der Waals surface area (Å²) in [4.78, 5) is 21.3. The van der Waals surface area contributed by atoms with Crippen molar-refractivity contribution in [3.05, 3.63) is 48.2 Å². The van der Waals surface area contributed by atoms with Crippen LogP contribution in [0.3, 0.4) is 0 Å². The number of pyridine rings is 2. The molecule has 0 spiro atoms. The molecule has 3 aromatic rings. The van der Waals surface area contributed by atoms with E-state index in [1.54, 1.807) is 43.3 Å². The largest absolute Gasteiger partial charge is 0.491 e. The Hall–Kier alpha value is -3.39. The molecule has 29 heavy (non-hydrogen) atoms. The number of fused-ring (bicyclic) bond motifs is 1. The molecule has 1 aromatic carbocycles. The standard InChI is InChI=1S/C21H23N3O5/c1-3-27-18-10-9-17-20(24-18)19(16(13-22-17)21(26)28-4-2)23-14-5-7-15(8-6-14)29-12-11-25/h5-10,13,25H,3-4,11-12H2,1-2H3,(H,22,23). The van der Waals surface area contributed by atoms with Crippen molar-refractivity contribution < 1.29 is 24.1 Å². The van der Waals surface area contributed by atoms with Gasteiger partial charge in [0, 0.05) is 18.0 Å². The van der Waals surface area contributed by atoms with Gasteiger partial charge in [0.05, 0.1) is 31.0 Å². The summed E-state index contributed by atoms with van der Waals surface area (Å²) in [6.45, 7) is 4.51. The lowest BCUT2D eigenvalue weighted by atomic mass is 10.1. The van der Waals surface area contributed by atoms with Gasteiger partial charge in [-0.3, -0.25) is 4.98 Å². The van der Waals surface area contributed by atoms with Crippen molar-refractivity contribution in [2.24, 2.45) is 0 Å². The van der Waals surface area contributed by atoms with Crippen LogP contribution < -0.4 is 14.8 Å². The van der Waals surface area contributed by atoms with Crippen LogP contribution in [0, 0.1) is 0 Å². The number of aliphatic hydroxyl groups is 1. The fraction of sp³-hybridized carbons (Fsp3) is 0.286. The Morgan fingerprint density at radius 3 is 2.55 bits per heavy atom. The van der Waals surface area contributed by atoms with E-state index in [1.165, 1.54) is 6.20 Å². The summed E-state index contributed by atoms with van der Waals surface area (Å²) in [6, 6.07) is 10.7. The first-order valence-electron chi connectivity index (χ1n) is 9.36. The summed E-state index contributed by atoms with van der Waals surface area (Å²) >= 11 is 0.